The predicted molar refractivity (Wildman–Crippen MR) is 199 cm³/mol. The summed E-state index contributed by atoms with van der Waals surface area (Å²) in [6, 6.07) is 0.603. The van der Waals surface area contributed by atoms with Gasteiger partial charge in [-0.2, -0.15) is 0 Å². The Labute approximate surface area is 310 Å². The summed E-state index contributed by atoms with van der Waals surface area (Å²) in [6.07, 6.45) is 8.10. The number of aliphatic hydroxyl groups excluding tert-OH is 1. The smallest absolute Gasteiger partial charge is 0.170 e. The van der Waals surface area contributed by atoms with Crippen LogP contribution in [-0.4, -0.2) is 113 Å². The second kappa shape index (κ2) is 12.1. The van der Waals surface area contributed by atoms with Gasteiger partial charge in [0.05, 0.1) is 43.2 Å². The molecule has 5 unspecified atom stereocenters. The van der Waals surface area contributed by atoms with Crippen molar-refractivity contribution in [3.63, 3.8) is 0 Å². The number of aliphatic hydroxyl groups is 2. The van der Waals surface area contributed by atoms with Gasteiger partial charge in [-0.3, -0.25) is 9.80 Å². The van der Waals surface area contributed by atoms with Crippen LogP contribution in [-0.2, 0) is 18.9 Å². The Kier molecular flexibility index (Phi) is 8.91. The first-order valence-electron chi connectivity index (χ1n) is 21.2. The average Bonchev–Trinajstić information content (AvgIpc) is 3.67. The van der Waals surface area contributed by atoms with Gasteiger partial charge >= 0.3 is 0 Å². The molecule has 0 aromatic heterocycles. The summed E-state index contributed by atoms with van der Waals surface area (Å²) in [7, 11) is 0. The van der Waals surface area contributed by atoms with E-state index in [1.807, 2.05) is 20.8 Å². The molecule has 8 rings (SSSR count). The Bertz CT molecular complexity index is 1330. The third-order valence-corrected chi connectivity index (χ3v) is 18.1. The van der Waals surface area contributed by atoms with Crippen LogP contribution in [0.3, 0.4) is 0 Å². The topological polar surface area (TPSA) is 83.9 Å². The van der Waals surface area contributed by atoms with Crippen molar-refractivity contribution in [3.8, 4) is 0 Å². The summed E-state index contributed by atoms with van der Waals surface area (Å²) in [5.41, 5.74) is -0.231. The van der Waals surface area contributed by atoms with Gasteiger partial charge < -0.3 is 29.2 Å². The van der Waals surface area contributed by atoms with E-state index in [0.29, 0.717) is 47.2 Å². The standard InChI is InChI=1S/C43H74N2O6/c1-12-48-36(38(7,8)47)28-21-27(4)33-34(50-28)35(46)41(11)30-14-13-29-37(5,6)31(15-16-42(29)23-43(30,42)18-17-40(33,41)10)51-32-22-45(19-20-49-32)39(9)24-44(25-39)26(2)3/h26-36,46-47H,12-25H2,1-11H3/t27-,28?,29+,30?,31+,32+,33+,34?,35+,36+,40-,41-,42?,43?/m1/s1. The maximum atomic E-state index is 12.7. The van der Waals surface area contributed by atoms with Crippen molar-refractivity contribution >= 4 is 0 Å². The minimum Gasteiger partial charge on any atom is -0.390 e. The van der Waals surface area contributed by atoms with Crippen LogP contribution in [0.25, 0.3) is 0 Å². The van der Waals surface area contributed by atoms with Crippen LogP contribution >= 0.6 is 0 Å². The fourth-order valence-corrected chi connectivity index (χ4v) is 15.5. The van der Waals surface area contributed by atoms with Crippen LogP contribution < -0.4 is 0 Å². The number of likely N-dealkylation sites (tertiary alicyclic amines) is 1. The first kappa shape index (κ1) is 37.6. The van der Waals surface area contributed by atoms with Crippen molar-refractivity contribution in [1.82, 2.24) is 9.80 Å². The highest BCUT2D eigenvalue weighted by molar-refractivity contribution is 5.33. The van der Waals surface area contributed by atoms with Gasteiger partial charge in [-0.25, -0.2) is 0 Å². The van der Waals surface area contributed by atoms with E-state index in [0.717, 1.165) is 45.6 Å². The van der Waals surface area contributed by atoms with Gasteiger partial charge in [-0.05, 0) is 138 Å². The molecule has 3 heterocycles. The van der Waals surface area contributed by atoms with Gasteiger partial charge in [0.15, 0.2) is 6.29 Å². The zero-order valence-electron chi connectivity index (χ0n) is 34.2. The van der Waals surface area contributed by atoms with Gasteiger partial charge in [0.1, 0.15) is 6.10 Å². The molecule has 0 aromatic rings. The van der Waals surface area contributed by atoms with Crippen molar-refractivity contribution in [2.75, 3.05) is 39.4 Å². The lowest BCUT2D eigenvalue weighted by Gasteiger charge is -2.64. The van der Waals surface area contributed by atoms with E-state index in [1.165, 1.54) is 38.5 Å². The van der Waals surface area contributed by atoms with E-state index < -0.39 is 17.8 Å². The minimum atomic E-state index is -1.01. The molecule has 0 amide bonds. The molecule has 0 bridgehead atoms. The molecule has 2 spiro atoms. The lowest BCUT2D eigenvalue weighted by Crippen LogP contribution is -2.72. The monoisotopic (exact) mass is 715 g/mol. The van der Waals surface area contributed by atoms with E-state index in [2.05, 4.69) is 65.2 Å². The number of morpholine rings is 1. The number of rotatable bonds is 8. The van der Waals surface area contributed by atoms with Crippen LogP contribution in [0, 0.1) is 50.7 Å². The number of hydrogen-bond acceptors (Lipinski definition) is 8. The third kappa shape index (κ3) is 5.11. The lowest BCUT2D eigenvalue weighted by atomic mass is 9.41. The molecule has 8 nitrogen and oxygen atoms in total. The van der Waals surface area contributed by atoms with Crippen LogP contribution in [0.15, 0.2) is 0 Å². The molecule has 3 aliphatic heterocycles. The zero-order chi connectivity index (χ0) is 36.7. The molecular formula is C43H74N2O6. The molecule has 5 saturated carbocycles. The van der Waals surface area contributed by atoms with Crippen LogP contribution in [0.5, 0.6) is 0 Å². The molecular weight excluding hydrogens is 640 g/mol. The predicted octanol–water partition coefficient (Wildman–Crippen LogP) is 6.50. The highest BCUT2D eigenvalue weighted by Gasteiger charge is 2.84. The fraction of sp³-hybridized carbons (Fsp3) is 1.00. The normalized spacial score (nSPS) is 51.1. The third-order valence-electron chi connectivity index (χ3n) is 18.1. The average molecular weight is 715 g/mol. The summed E-state index contributed by atoms with van der Waals surface area (Å²) in [4.78, 5) is 5.22. The van der Waals surface area contributed by atoms with Crippen LogP contribution in [0.4, 0.5) is 0 Å². The largest absolute Gasteiger partial charge is 0.390 e. The van der Waals surface area contributed by atoms with Gasteiger partial charge in [0.2, 0.25) is 0 Å². The maximum Gasteiger partial charge on any atom is 0.170 e. The van der Waals surface area contributed by atoms with Gasteiger partial charge in [-0.15, -0.1) is 0 Å². The molecule has 5 aliphatic carbocycles. The van der Waals surface area contributed by atoms with Crippen molar-refractivity contribution < 1.29 is 29.2 Å². The maximum absolute atomic E-state index is 12.7. The molecule has 8 fully saturated rings. The van der Waals surface area contributed by atoms with E-state index >= 15 is 0 Å². The van der Waals surface area contributed by atoms with Crippen molar-refractivity contribution in [3.05, 3.63) is 0 Å². The first-order chi connectivity index (χ1) is 23.8. The summed E-state index contributed by atoms with van der Waals surface area (Å²) >= 11 is 0. The molecule has 292 valence electrons. The Hall–Kier alpha value is -0.320. The zero-order valence-corrected chi connectivity index (χ0v) is 34.2. The molecule has 8 heteroatoms. The summed E-state index contributed by atoms with van der Waals surface area (Å²) in [6.45, 7) is 30.5. The molecule has 51 heavy (non-hydrogen) atoms. The first-order valence-corrected chi connectivity index (χ1v) is 21.2. The summed E-state index contributed by atoms with van der Waals surface area (Å²) in [5.74, 6) is 1.85. The molecule has 0 aromatic carbocycles. The van der Waals surface area contributed by atoms with E-state index in [-0.39, 0.29) is 46.4 Å². The minimum absolute atomic E-state index is 0.0210. The Balaban J connectivity index is 0.993. The molecule has 0 radical (unpaired) electrons. The quantitative estimate of drug-likeness (QED) is 0.295. The molecule has 8 aliphatic rings. The summed E-state index contributed by atoms with van der Waals surface area (Å²) in [5, 5.41) is 23.8. The Morgan fingerprint density at radius 3 is 2.31 bits per heavy atom. The number of fused-ring (bicyclic) bond motifs is 4. The SMILES string of the molecule is CCO[C@@H](C1C[C@@H](C)[C@H]2C(O1)[C@H](O)[C@@]1(C)C3CC[C@H]4C(C)(C)[C@@H](O[C@H]5CN(C6(C)CN(C(C)C)C6)CCO5)CCC45CC35CC[C@]21C)C(C)(C)O. The second-order valence-corrected chi connectivity index (χ2v) is 21.5. The van der Waals surface area contributed by atoms with E-state index in [4.69, 9.17) is 18.9 Å². The highest BCUT2D eigenvalue weighted by Crippen LogP contribution is 2.89. The molecule has 14 atom stereocenters. The summed E-state index contributed by atoms with van der Waals surface area (Å²) < 4.78 is 26.6. The highest BCUT2D eigenvalue weighted by atomic mass is 16.7. The van der Waals surface area contributed by atoms with Gasteiger partial charge in [0, 0.05) is 43.2 Å². The van der Waals surface area contributed by atoms with Gasteiger partial charge in [-0.1, -0.05) is 34.6 Å². The van der Waals surface area contributed by atoms with Crippen molar-refractivity contribution in [2.45, 2.75) is 182 Å². The van der Waals surface area contributed by atoms with E-state index in [1.54, 1.807) is 0 Å². The number of hydrogen-bond donors (Lipinski definition) is 2. The van der Waals surface area contributed by atoms with Crippen molar-refractivity contribution in [2.24, 2.45) is 50.7 Å². The second-order valence-electron chi connectivity index (χ2n) is 21.5. The Morgan fingerprint density at radius 1 is 0.961 bits per heavy atom. The van der Waals surface area contributed by atoms with Crippen LogP contribution in [0.2, 0.25) is 0 Å². The van der Waals surface area contributed by atoms with E-state index in [9.17, 15) is 10.2 Å². The lowest BCUT2D eigenvalue weighted by molar-refractivity contribution is -0.259. The fourth-order valence-electron chi connectivity index (χ4n) is 15.5. The number of nitrogens with zero attached hydrogens (tertiary/aromatic N) is 2. The number of ether oxygens (including phenoxy) is 4. The van der Waals surface area contributed by atoms with Crippen LogP contribution in [0.1, 0.15) is 128 Å². The Morgan fingerprint density at radius 2 is 1.65 bits per heavy atom. The van der Waals surface area contributed by atoms with Gasteiger partial charge in [0.25, 0.3) is 0 Å². The molecule has 3 saturated heterocycles. The van der Waals surface area contributed by atoms with Crippen molar-refractivity contribution in [1.29, 1.82) is 0 Å². The molecule has 2 N–H and O–H groups in total.